The Balaban J connectivity index is 4.00. The Bertz CT molecular complexity index is 145. The van der Waals surface area contributed by atoms with Gasteiger partial charge in [0.25, 0.3) is 0 Å². The summed E-state index contributed by atoms with van der Waals surface area (Å²) in [6.07, 6.45) is 6.44. The van der Waals surface area contributed by atoms with E-state index in [1.165, 1.54) is 6.08 Å². The molecule has 0 aliphatic heterocycles. The summed E-state index contributed by atoms with van der Waals surface area (Å²) in [5.41, 5.74) is -0.844. The molecule has 0 amide bonds. The van der Waals surface area contributed by atoms with Crippen molar-refractivity contribution in [3.8, 4) is 0 Å². The molecule has 64 valence electrons. The van der Waals surface area contributed by atoms with Crippen molar-refractivity contribution in [2.45, 2.75) is 32.8 Å². The highest BCUT2D eigenvalue weighted by atomic mass is 16.3. The minimum absolute atomic E-state index is 0.529. The molecule has 0 radical (unpaired) electrons. The van der Waals surface area contributed by atoms with Gasteiger partial charge in [-0.05, 0) is 12.8 Å². The summed E-state index contributed by atoms with van der Waals surface area (Å²) in [6.45, 7) is 9.50. The molecular weight excluding hydrogens is 136 g/mol. The molecule has 0 bridgehead atoms. The maximum absolute atomic E-state index is 9.46. The van der Waals surface area contributed by atoms with Gasteiger partial charge in [0.2, 0.25) is 0 Å². The Labute approximate surface area is 69.4 Å². The Morgan fingerprint density at radius 3 is 2.55 bits per heavy atom. The van der Waals surface area contributed by atoms with E-state index in [9.17, 15) is 5.11 Å². The Hall–Kier alpha value is -0.560. The summed E-state index contributed by atoms with van der Waals surface area (Å²) in [7, 11) is 0. The van der Waals surface area contributed by atoms with Gasteiger partial charge in [0.1, 0.15) is 0 Å². The molecule has 0 aromatic heterocycles. The predicted molar refractivity (Wildman–Crippen MR) is 49.4 cm³/mol. The van der Waals surface area contributed by atoms with E-state index in [0.29, 0.717) is 5.92 Å². The van der Waals surface area contributed by atoms with Gasteiger partial charge < -0.3 is 5.11 Å². The average molecular weight is 154 g/mol. The molecule has 1 nitrogen and oxygen atoms in total. The SMILES string of the molecule is C=CC(C)(O)C=CC(C)CC. The first-order chi connectivity index (χ1) is 5.02. The van der Waals surface area contributed by atoms with E-state index >= 15 is 0 Å². The maximum Gasteiger partial charge on any atom is 0.0978 e. The van der Waals surface area contributed by atoms with Gasteiger partial charge >= 0.3 is 0 Å². The smallest absolute Gasteiger partial charge is 0.0978 e. The van der Waals surface area contributed by atoms with E-state index in [-0.39, 0.29) is 0 Å². The van der Waals surface area contributed by atoms with Gasteiger partial charge in [-0.1, -0.05) is 45.1 Å². The molecule has 0 fully saturated rings. The molecular formula is C10H18O. The van der Waals surface area contributed by atoms with Crippen molar-refractivity contribution in [3.05, 3.63) is 24.8 Å². The standard InChI is InChI=1S/C10H18O/c1-5-9(3)7-8-10(4,11)6-2/h6-9,11H,2,5H2,1,3-4H3. The lowest BCUT2D eigenvalue weighted by Crippen LogP contribution is -2.16. The third-order valence-electron chi connectivity index (χ3n) is 1.82. The first kappa shape index (κ1) is 10.4. The molecule has 0 aromatic carbocycles. The zero-order valence-corrected chi connectivity index (χ0v) is 7.67. The van der Waals surface area contributed by atoms with Gasteiger partial charge in [0.15, 0.2) is 0 Å². The lowest BCUT2D eigenvalue weighted by Gasteiger charge is -2.13. The third kappa shape index (κ3) is 4.79. The van der Waals surface area contributed by atoms with Crippen molar-refractivity contribution in [1.29, 1.82) is 0 Å². The fourth-order valence-electron chi connectivity index (χ4n) is 0.563. The van der Waals surface area contributed by atoms with Gasteiger partial charge in [-0.2, -0.15) is 0 Å². The lowest BCUT2D eigenvalue weighted by atomic mass is 10.0. The van der Waals surface area contributed by atoms with Crippen molar-refractivity contribution >= 4 is 0 Å². The van der Waals surface area contributed by atoms with E-state index in [1.54, 1.807) is 13.0 Å². The minimum atomic E-state index is -0.844. The largest absolute Gasteiger partial charge is 0.382 e. The topological polar surface area (TPSA) is 20.2 Å². The molecule has 1 N–H and O–H groups in total. The maximum atomic E-state index is 9.46. The number of hydrogen-bond donors (Lipinski definition) is 1. The van der Waals surface area contributed by atoms with Gasteiger partial charge in [0, 0.05) is 0 Å². The number of hydrogen-bond acceptors (Lipinski definition) is 1. The summed E-state index contributed by atoms with van der Waals surface area (Å²) < 4.78 is 0. The van der Waals surface area contributed by atoms with Crippen LogP contribution in [-0.4, -0.2) is 10.7 Å². The second-order valence-electron chi connectivity index (χ2n) is 3.17. The first-order valence-electron chi connectivity index (χ1n) is 4.07. The minimum Gasteiger partial charge on any atom is -0.382 e. The van der Waals surface area contributed by atoms with Crippen molar-refractivity contribution < 1.29 is 5.11 Å². The van der Waals surface area contributed by atoms with Crippen LogP contribution in [0.1, 0.15) is 27.2 Å². The fraction of sp³-hybridized carbons (Fsp3) is 0.600. The van der Waals surface area contributed by atoms with Crippen LogP contribution in [0.3, 0.4) is 0 Å². The van der Waals surface area contributed by atoms with E-state index in [4.69, 9.17) is 0 Å². The van der Waals surface area contributed by atoms with Gasteiger partial charge in [0.05, 0.1) is 5.60 Å². The van der Waals surface area contributed by atoms with Crippen LogP contribution in [0.15, 0.2) is 24.8 Å². The molecule has 0 aromatic rings. The van der Waals surface area contributed by atoms with E-state index in [2.05, 4.69) is 20.4 Å². The number of rotatable bonds is 4. The molecule has 2 atom stereocenters. The Morgan fingerprint density at radius 2 is 2.18 bits per heavy atom. The van der Waals surface area contributed by atoms with E-state index < -0.39 is 5.60 Å². The van der Waals surface area contributed by atoms with E-state index in [1.807, 2.05) is 6.08 Å². The normalized spacial score (nSPS) is 19.6. The zero-order valence-electron chi connectivity index (χ0n) is 7.67. The summed E-state index contributed by atoms with van der Waals surface area (Å²) in [5, 5.41) is 9.46. The van der Waals surface area contributed by atoms with Crippen molar-refractivity contribution in [2.24, 2.45) is 5.92 Å². The van der Waals surface area contributed by atoms with Crippen LogP contribution in [0, 0.1) is 5.92 Å². The number of allylic oxidation sites excluding steroid dienone is 1. The molecule has 0 saturated carbocycles. The average Bonchev–Trinajstić information content (AvgIpc) is 2.00. The summed E-state index contributed by atoms with van der Waals surface area (Å²) >= 11 is 0. The monoisotopic (exact) mass is 154 g/mol. The fourth-order valence-corrected chi connectivity index (χ4v) is 0.563. The predicted octanol–water partition coefficient (Wildman–Crippen LogP) is 2.53. The Kier molecular flexibility index (Phi) is 4.12. The molecule has 2 unspecified atom stereocenters. The molecule has 0 rings (SSSR count). The van der Waals surface area contributed by atoms with Crippen molar-refractivity contribution in [3.63, 3.8) is 0 Å². The zero-order chi connectivity index (χ0) is 8.91. The molecule has 0 aliphatic carbocycles. The molecule has 0 spiro atoms. The van der Waals surface area contributed by atoms with Gasteiger partial charge in [-0.3, -0.25) is 0 Å². The van der Waals surface area contributed by atoms with Crippen molar-refractivity contribution in [2.75, 3.05) is 0 Å². The van der Waals surface area contributed by atoms with Crippen LogP contribution in [0.4, 0.5) is 0 Å². The second kappa shape index (κ2) is 4.35. The quantitative estimate of drug-likeness (QED) is 0.617. The van der Waals surface area contributed by atoms with Gasteiger partial charge in [-0.15, -0.1) is 0 Å². The highest BCUT2D eigenvalue weighted by molar-refractivity contribution is 5.09. The highest BCUT2D eigenvalue weighted by Crippen LogP contribution is 2.10. The molecule has 11 heavy (non-hydrogen) atoms. The number of aliphatic hydroxyl groups is 1. The van der Waals surface area contributed by atoms with Crippen LogP contribution < -0.4 is 0 Å². The second-order valence-corrected chi connectivity index (χ2v) is 3.17. The molecule has 1 heteroatoms. The molecule has 0 aliphatic rings. The lowest BCUT2D eigenvalue weighted by molar-refractivity contribution is 0.163. The van der Waals surface area contributed by atoms with Crippen LogP contribution in [-0.2, 0) is 0 Å². The van der Waals surface area contributed by atoms with Crippen LogP contribution in [0.5, 0.6) is 0 Å². The van der Waals surface area contributed by atoms with Crippen LogP contribution in [0.2, 0.25) is 0 Å². The van der Waals surface area contributed by atoms with Crippen LogP contribution >= 0.6 is 0 Å². The first-order valence-corrected chi connectivity index (χ1v) is 4.07. The highest BCUT2D eigenvalue weighted by Gasteiger charge is 2.09. The van der Waals surface area contributed by atoms with Gasteiger partial charge in [-0.25, -0.2) is 0 Å². The third-order valence-corrected chi connectivity index (χ3v) is 1.82. The van der Waals surface area contributed by atoms with E-state index in [0.717, 1.165) is 6.42 Å². The Morgan fingerprint density at radius 1 is 1.64 bits per heavy atom. The summed E-state index contributed by atoms with van der Waals surface area (Å²) in [4.78, 5) is 0. The van der Waals surface area contributed by atoms with Crippen molar-refractivity contribution in [1.82, 2.24) is 0 Å². The summed E-state index contributed by atoms with van der Waals surface area (Å²) in [5.74, 6) is 0.529. The van der Waals surface area contributed by atoms with Crippen LogP contribution in [0.25, 0.3) is 0 Å². The summed E-state index contributed by atoms with van der Waals surface area (Å²) in [6, 6.07) is 0. The molecule has 0 saturated heterocycles. The molecule has 0 heterocycles.